The molecule has 2 rings (SSSR count). The predicted octanol–water partition coefficient (Wildman–Crippen LogP) is 2.30. The molecule has 0 saturated carbocycles. The summed E-state index contributed by atoms with van der Waals surface area (Å²) >= 11 is 0. The van der Waals surface area contributed by atoms with Gasteiger partial charge in [0.2, 0.25) is 11.8 Å². The van der Waals surface area contributed by atoms with Gasteiger partial charge < -0.3 is 5.32 Å². The number of sulfonamides is 1. The van der Waals surface area contributed by atoms with Crippen LogP contribution in [0.2, 0.25) is 0 Å². The van der Waals surface area contributed by atoms with Crippen LogP contribution < -0.4 is 10.0 Å². The third-order valence-electron chi connectivity index (χ3n) is 3.01. The molecule has 0 aliphatic carbocycles. The van der Waals surface area contributed by atoms with Gasteiger partial charge in [-0.3, -0.25) is 9.59 Å². The van der Waals surface area contributed by atoms with Crippen LogP contribution in [0, 0.1) is 5.82 Å². The molecule has 0 aromatic heterocycles. The molecule has 2 aromatic rings. The van der Waals surface area contributed by atoms with Crippen LogP contribution in [0.15, 0.2) is 59.5 Å². The van der Waals surface area contributed by atoms with E-state index in [2.05, 4.69) is 5.32 Å². The van der Waals surface area contributed by atoms with Crippen LogP contribution in [0.4, 0.5) is 10.1 Å². The molecule has 0 saturated heterocycles. The van der Waals surface area contributed by atoms with Gasteiger partial charge in [0.25, 0.3) is 10.0 Å². The lowest BCUT2D eigenvalue weighted by Crippen LogP contribution is -2.28. The fraction of sp³-hybridized carbons (Fsp3) is 0.0588. The monoisotopic (exact) mass is 362 g/mol. The maximum absolute atomic E-state index is 12.8. The van der Waals surface area contributed by atoms with Crippen molar-refractivity contribution in [2.75, 3.05) is 5.32 Å². The highest BCUT2D eigenvalue weighted by Gasteiger charge is 2.15. The van der Waals surface area contributed by atoms with Crippen molar-refractivity contribution >= 4 is 33.6 Å². The van der Waals surface area contributed by atoms with Gasteiger partial charge in [-0.1, -0.05) is 12.1 Å². The Morgan fingerprint density at radius 1 is 1.00 bits per heavy atom. The van der Waals surface area contributed by atoms with Gasteiger partial charge in [0, 0.05) is 18.7 Å². The summed E-state index contributed by atoms with van der Waals surface area (Å²) in [5.74, 6) is -1.49. The van der Waals surface area contributed by atoms with Gasteiger partial charge in [0.05, 0.1) is 4.90 Å². The minimum absolute atomic E-state index is 0.0949. The predicted molar refractivity (Wildman–Crippen MR) is 91.5 cm³/mol. The first kappa shape index (κ1) is 18.3. The molecule has 2 aromatic carbocycles. The zero-order chi connectivity index (χ0) is 18.4. The molecule has 8 heteroatoms. The molecule has 0 heterocycles. The molecule has 0 spiro atoms. The summed E-state index contributed by atoms with van der Waals surface area (Å²) in [5, 5.41) is 2.56. The minimum atomic E-state index is -3.91. The van der Waals surface area contributed by atoms with Crippen LogP contribution in [0.25, 0.3) is 6.08 Å². The van der Waals surface area contributed by atoms with Crippen LogP contribution in [-0.4, -0.2) is 20.2 Å². The molecule has 130 valence electrons. The van der Waals surface area contributed by atoms with Gasteiger partial charge in [-0.05, 0) is 48.0 Å². The minimum Gasteiger partial charge on any atom is -0.323 e. The van der Waals surface area contributed by atoms with Gasteiger partial charge in [0.15, 0.2) is 0 Å². The smallest absolute Gasteiger partial charge is 0.264 e. The fourth-order valence-corrected chi connectivity index (χ4v) is 2.89. The second kappa shape index (κ2) is 7.71. The number of carbonyl (C=O) groups excluding carboxylic acids is 2. The fourth-order valence-electron chi connectivity index (χ4n) is 1.90. The Labute approximate surface area is 144 Å². The van der Waals surface area contributed by atoms with Crippen LogP contribution in [0.3, 0.4) is 0 Å². The van der Waals surface area contributed by atoms with Crippen molar-refractivity contribution in [1.82, 2.24) is 4.72 Å². The topological polar surface area (TPSA) is 92.3 Å². The van der Waals surface area contributed by atoms with Gasteiger partial charge in [-0.15, -0.1) is 0 Å². The Morgan fingerprint density at radius 3 is 2.16 bits per heavy atom. The normalized spacial score (nSPS) is 11.3. The number of nitrogens with one attached hydrogen (secondary N) is 2. The highest BCUT2D eigenvalue weighted by molar-refractivity contribution is 7.90. The lowest BCUT2D eigenvalue weighted by atomic mass is 10.2. The molecule has 25 heavy (non-hydrogen) atoms. The second-order valence-electron chi connectivity index (χ2n) is 5.06. The Balaban J connectivity index is 2.02. The molecule has 0 aliphatic heterocycles. The Morgan fingerprint density at radius 2 is 1.60 bits per heavy atom. The van der Waals surface area contributed by atoms with E-state index in [9.17, 15) is 22.4 Å². The van der Waals surface area contributed by atoms with Crippen LogP contribution in [-0.2, 0) is 19.6 Å². The largest absolute Gasteiger partial charge is 0.323 e. The van der Waals surface area contributed by atoms with E-state index in [-0.39, 0.29) is 10.7 Å². The second-order valence-corrected chi connectivity index (χ2v) is 6.74. The van der Waals surface area contributed by atoms with E-state index in [1.54, 1.807) is 0 Å². The van der Waals surface area contributed by atoms with E-state index in [1.807, 2.05) is 4.72 Å². The van der Waals surface area contributed by atoms with E-state index in [4.69, 9.17) is 0 Å². The summed E-state index contributed by atoms with van der Waals surface area (Å²) in [6.07, 6.45) is 2.79. The summed E-state index contributed by atoms with van der Waals surface area (Å²) in [5.41, 5.74) is 1.05. The SMILES string of the molecule is CC(=O)NS(=O)(=O)c1ccc(NC(=O)/C=C/c2ccc(F)cc2)cc1. The summed E-state index contributed by atoms with van der Waals surface area (Å²) in [6, 6.07) is 11.0. The van der Waals surface area contributed by atoms with E-state index < -0.39 is 21.8 Å². The number of rotatable bonds is 5. The van der Waals surface area contributed by atoms with Gasteiger partial charge in [-0.25, -0.2) is 17.5 Å². The molecular formula is C17H15FN2O4S. The standard InChI is InChI=1S/C17H15FN2O4S/c1-12(21)20-25(23,24)16-9-7-15(8-10-16)19-17(22)11-4-13-2-5-14(18)6-3-13/h2-11H,1H3,(H,19,22)(H,20,21)/b11-4+. The summed E-state index contributed by atoms with van der Waals surface area (Å²) < 4.78 is 38.2. The quantitative estimate of drug-likeness (QED) is 0.799. The van der Waals surface area contributed by atoms with Crippen LogP contribution in [0.5, 0.6) is 0 Å². The number of halogens is 1. The zero-order valence-corrected chi connectivity index (χ0v) is 14.0. The van der Waals surface area contributed by atoms with Crippen molar-refractivity contribution in [3.63, 3.8) is 0 Å². The average molecular weight is 362 g/mol. The maximum Gasteiger partial charge on any atom is 0.264 e. The molecule has 0 fully saturated rings. The third kappa shape index (κ3) is 5.54. The van der Waals surface area contributed by atoms with Crippen LogP contribution >= 0.6 is 0 Å². The molecule has 0 radical (unpaired) electrons. The lowest BCUT2D eigenvalue weighted by Gasteiger charge is -2.06. The molecule has 2 amide bonds. The Kier molecular flexibility index (Phi) is 5.66. The van der Waals surface area contributed by atoms with E-state index in [1.165, 1.54) is 60.7 Å². The average Bonchev–Trinajstić information content (AvgIpc) is 2.54. The van der Waals surface area contributed by atoms with E-state index in [0.717, 1.165) is 6.92 Å². The summed E-state index contributed by atoms with van der Waals surface area (Å²) in [4.78, 5) is 22.6. The molecule has 0 bridgehead atoms. The summed E-state index contributed by atoms with van der Waals surface area (Å²) in [7, 11) is -3.91. The number of hydrogen-bond acceptors (Lipinski definition) is 4. The van der Waals surface area contributed by atoms with E-state index >= 15 is 0 Å². The van der Waals surface area contributed by atoms with Gasteiger partial charge in [-0.2, -0.15) is 0 Å². The molecule has 0 aliphatic rings. The van der Waals surface area contributed by atoms with Crippen molar-refractivity contribution < 1.29 is 22.4 Å². The van der Waals surface area contributed by atoms with Crippen LogP contribution in [0.1, 0.15) is 12.5 Å². The first-order valence-electron chi connectivity index (χ1n) is 7.14. The molecule has 0 atom stereocenters. The van der Waals surface area contributed by atoms with Crippen molar-refractivity contribution in [2.24, 2.45) is 0 Å². The zero-order valence-electron chi connectivity index (χ0n) is 13.2. The maximum atomic E-state index is 12.8. The number of hydrogen-bond donors (Lipinski definition) is 2. The van der Waals surface area contributed by atoms with Crippen molar-refractivity contribution in [3.8, 4) is 0 Å². The molecule has 2 N–H and O–H groups in total. The van der Waals surface area contributed by atoms with Gasteiger partial charge in [0.1, 0.15) is 5.82 Å². The van der Waals surface area contributed by atoms with Gasteiger partial charge >= 0.3 is 0 Å². The number of anilines is 1. The first-order valence-corrected chi connectivity index (χ1v) is 8.63. The highest BCUT2D eigenvalue weighted by Crippen LogP contribution is 2.14. The molecule has 6 nitrogen and oxygen atoms in total. The number of benzene rings is 2. The molecule has 0 unspecified atom stereocenters. The van der Waals surface area contributed by atoms with Crippen molar-refractivity contribution in [3.05, 3.63) is 66.0 Å². The Hall–Kier alpha value is -3.00. The third-order valence-corrected chi connectivity index (χ3v) is 4.46. The van der Waals surface area contributed by atoms with Crippen molar-refractivity contribution in [2.45, 2.75) is 11.8 Å². The summed E-state index contributed by atoms with van der Waals surface area (Å²) in [6.45, 7) is 1.10. The number of carbonyl (C=O) groups is 2. The highest BCUT2D eigenvalue weighted by atomic mass is 32.2. The van der Waals surface area contributed by atoms with E-state index in [0.29, 0.717) is 11.3 Å². The van der Waals surface area contributed by atoms with Crippen molar-refractivity contribution in [1.29, 1.82) is 0 Å². The Bertz CT molecular complexity index is 905. The first-order chi connectivity index (χ1) is 11.8. The molecular weight excluding hydrogens is 347 g/mol. The number of amides is 2. The lowest BCUT2D eigenvalue weighted by molar-refractivity contribution is -0.117.